The molecular formula is C25H32F3N5O6S. The van der Waals surface area contributed by atoms with E-state index in [1.165, 1.54) is 13.0 Å². The summed E-state index contributed by atoms with van der Waals surface area (Å²) in [7, 11) is -4.07. The molecule has 0 atom stereocenters. The Bertz CT molecular complexity index is 1330. The molecule has 2 aromatic carbocycles. The van der Waals surface area contributed by atoms with Crippen LogP contribution in [0, 0.1) is 6.92 Å². The van der Waals surface area contributed by atoms with Crippen LogP contribution in [0.2, 0.25) is 0 Å². The summed E-state index contributed by atoms with van der Waals surface area (Å²) >= 11 is 0. The van der Waals surface area contributed by atoms with Crippen LogP contribution in [0.1, 0.15) is 36.2 Å². The lowest BCUT2D eigenvalue weighted by atomic mass is 10.1. The van der Waals surface area contributed by atoms with E-state index in [1.54, 1.807) is 37.3 Å². The van der Waals surface area contributed by atoms with Crippen LogP contribution in [0.25, 0.3) is 0 Å². The van der Waals surface area contributed by atoms with Crippen LogP contribution in [0.4, 0.5) is 30.2 Å². The van der Waals surface area contributed by atoms with Gasteiger partial charge in [-0.05, 0) is 49.2 Å². The zero-order valence-corrected chi connectivity index (χ0v) is 23.0. The molecule has 0 radical (unpaired) electrons. The molecule has 5 N–H and O–H groups in total. The molecule has 2 amide bonds. The number of anilines is 3. The maximum Gasteiger partial charge on any atom is 0.490 e. The van der Waals surface area contributed by atoms with Crippen LogP contribution < -0.4 is 25.6 Å². The monoisotopic (exact) mass is 587 g/mol. The predicted octanol–water partition coefficient (Wildman–Crippen LogP) is 2.94. The van der Waals surface area contributed by atoms with Crippen molar-refractivity contribution in [2.45, 2.75) is 38.3 Å². The topological polar surface area (TPSA) is 157 Å². The molecule has 1 saturated heterocycles. The number of nitrogens with zero attached hydrogens (tertiary/aromatic N) is 1. The number of amides is 2. The number of sulfonamides is 1. The van der Waals surface area contributed by atoms with E-state index in [2.05, 4.69) is 25.6 Å². The Morgan fingerprint density at radius 3 is 2.23 bits per heavy atom. The van der Waals surface area contributed by atoms with Crippen molar-refractivity contribution >= 4 is 44.9 Å². The summed E-state index contributed by atoms with van der Waals surface area (Å²) in [6.07, 6.45) is -4.29. The van der Waals surface area contributed by atoms with Gasteiger partial charge in [0.2, 0.25) is 5.91 Å². The van der Waals surface area contributed by atoms with Crippen molar-refractivity contribution in [2.24, 2.45) is 0 Å². The second kappa shape index (κ2) is 14.0. The number of alkyl halides is 3. The third-order valence-electron chi connectivity index (χ3n) is 5.48. The van der Waals surface area contributed by atoms with Crippen molar-refractivity contribution in [3.63, 3.8) is 0 Å². The average Bonchev–Trinajstić information content (AvgIpc) is 2.88. The number of carbonyl (C=O) groups excluding carboxylic acids is 2. The number of aliphatic carboxylic acids is 1. The zero-order valence-electron chi connectivity index (χ0n) is 22.2. The van der Waals surface area contributed by atoms with E-state index in [9.17, 15) is 31.2 Å². The van der Waals surface area contributed by atoms with Gasteiger partial charge in [-0.3, -0.25) is 14.3 Å². The molecule has 15 heteroatoms. The lowest BCUT2D eigenvalue weighted by Crippen LogP contribution is -2.43. The molecule has 0 aliphatic carbocycles. The van der Waals surface area contributed by atoms with E-state index in [1.807, 2.05) is 6.92 Å². The molecule has 3 rings (SSSR count). The minimum absolute atomic E-state index is 0.0372. The first-order valence-electron chi connectivity index (χ1n) is 12.2. The number of carboxylic acids is 1. The Kier molecular flexibility index (Phi) is 11.3. The number of carbonyl (C=O) groups is 3. The standard InChI is InChI=1S/C23H31N5O4S.C2HF3O2/c1-4-9-25-23(30)18-6-8-21(28-12-10-24-11-13-28)20(15-18)27-33(31,32)22-14-16(2)5-7-19(22)26-17(3)29;3-2(4,5)1(6)7/h5-8,14-15,24,27H,4,9-13H2,1-3H3,(H,25,30)(H,26,29);(H,6,7). The van der Waals surface area contributed by atoms with Crippen molar-refractivity contribution in [1.29, 1.82) is 0 Å². The Labute approximate surface area is 230 Å². The highest BCUT2D eigenvalue weighted by Gasteiger charge is 2.38. The number of hydrogen-bond acceptors (Lipinski definition) is 7. The van der Waals surface area contributed by atoms with Crippen molar-refractivity contribution in [3.8, 4) is 0 Å². The minimum Gasteiger partial charge on any atom is -0.475 e. The number of rotatable bonds is 8. The summed E-state index contributed by atoms with van der Waals surface area (Å²) in [5, 5.41) is 15.8. The van der Waals surface area contributed by atoms with E-state index >= 15 is 0 Å². The molecule has 2 aromatic rings. The van der Waals surface area contributed by atoms with Crippen molar-refractivity contribution in [1.82, 2.24) is 10.6 Å². The number of nitrogens with one attached hydrogen (secondary N) is 4. The van der Waals surface area contributed by atoms with Gasteiger partial charge in [0.25, 0.3) is 15.9 Å². The molecule has 0 bridgehead atoms. The highest BCUT2D eigenvalue weighted by atomic mass is 32.2. The number of carboxylic acid groups (broad SMARTS) is 1. The maximum atomic E-state index is 13.5. The Balaban J connectivity index is 0.000000708. The fourth-order valence-corrected chi connectivity index (χ4v) is 4.94. The van der Waals surface area contributed by atoms with E-state index < -0.39 is 22.2 Å². The SMILES string of the molecule is CCCNC(=O)c1ccc(N2CCNCC2)c(NS(=O)(=O)c2cc(C)ccc2NC(C)=O)c1.O=C(O)C(F)(F)F. The van der Waals surface area contributed by atoms with E-state index in [0.29, 0.717) is 36.6 Å². The van der Waals surface area contributed by atoms with Crippen molar-refractivity contribution in [3.05, 3.63) is 47.5 Å². The third kappa shape index (κ3) is 9.41. The second-order valence-corrected chi connectivity index (χ2v) is 10.5. The first-order chi connectivity index (χ1) is 18.7. The maximum absolute atomic E-state index is 13.5. The molecule has 0 spiro atoms. The molecular weight excluding hydrogens is 555 g/mol. The number of aryl methyl sites for hydroxylation is 1. The second-order valence-electron chi connectivity index (χ2n) is 8.81. The molecule has 1 fully saturated rings. The molecule has 1 aliphatic rings. The van der Waals surface area contributed by atoms with E-state index in [-0.39, 0.29) is 22.4 Å². The Morgan fingerprint density at radius 1 is 1.05 bits per heavy atom. The van der Waals surface area contributed by atoms with Gasteiger partial charge in [0, 0.05) is 45.2 Å². The largest absolute Gasteiger partial charge is 0.490 e. The normalized spacial score (nSPS) is 13.5. The van der Waals surface area contributed by atoms with E-state index in [4.69, 9.17) is 9.90 Å². The van der Waals surface area contributed by atoms with Crippen LogP contribution in [0.3, 0.4) is 0 Å². The number of halogens is 3. The van der Waals surface area contributed by atoms with Gasteiger partial charge in [-0.15, -0.1) is 0 Å². The lowest BCUT2D eigenvalue weighted by molar-refractivity contribution is -0.192. The zero-order chi connectivity index (χ0) is 30.1. The highest BCUT2D eigenvalue weighted by molar-refractivity contribution is 7.93. The quantitative estimate of drug-likeness (QED) is 0.316. The summed E-state index contributed by atoms with van der Waals surface area (Å²) in [5.41, 5.74) is 2.31. The first-order valence-corrected chi connectivity index (χ1v) is 13.7. The van der Waals surface area contributed by atoms with Crippen LogP contribution in [-0.2, 0) is 19.6 Å². The van der Waals surface area contributed by atoms with Crippen molar-refractivity contribution in [2.75, 3.05) is 47.7 Å². The molecule has 1 aliphatic heterocycles. The van der Waals surface area contributed by atoms with Gasteiger partial charge in [0.15, 0.2) is 0 Å². The predicted molar refractivity (Wildman–Crippen MR) is 144 cm³/mol. The van der Waals surface area contributed by atoms with Gasteiger partial charge in [-0.2, -0.15) is 13.2 Å². The first kappa shape index (κ1) is 32.4. The lowest BCUT2D eigenvalue weighted by Gasteiger charge is -2.31. The van der Waals surface area contributed by atoms with Crippen LogP contribution in [0.5, 0.6) is 0 Å². The summed E-state index contributed by atoms with van der Waals surface area (Å²) in [4.78, 5) is 35.1. The Hall–Kier alpha value is -3.85. The smallest absolute Gasteiger partial charge is 0.475 e. The van der Waals surface area contributed by atoms with Crippen LogP contribution in [0.15, 0.2) is 41.3 Å². The average molecular weight is 588 g/mol. The molecule has 11 nitrogen and oxygen atoms in total. The summed E-state index contributed by atoms with van der Waals surface area (Å²) in [6, 6.07) is 9.85. The Morgan fingerprint density at radius 2 is 1.68 bits per heavy atom. The molecule has 40 heavy (non-hydrogen) atoms. The number of benzene rings is 2. The van der Waals surface area contributed by atoms with E-state index in [0.717, 1.165) is 25.1 Å². The molecule has 0 saturated carbocycles. The fraction of sp³-hybridized carbons (Fsp3) is 0.400. The van der Waals surface area contributed by atoms with Gasteiger partial charge in [0.1, 0.15) is 4.90 Å². The molecule has 1 heterocycles. The highest BCUT2D eigenvalue weighted by Crippen LogP contribution is 2.32. The van der Waals surface area contributed by atoms with Gasteiger partial charge >= 0.3 is 12.1 Å². The summed E-state index contributed by atoms with van der Waals surface area (Å²) in [5.74, 6) is -3.39. The number of hydrogen-bond donors (Lipinski definition) is 5. The van der Waals surface area contributed by atoms with Gasteiger partial charge in [-0.25, -0.2) is 13.2 Å². The van der Waals surface area contributed by atoms with Gasteiger partial charge in [-0.1, -0.05) is 13.0 Å². The fourth-order valence-electron chi connectivity index (χ4n) is 3.63. The summed E-state index contributed by atoms with van der Waals surface area (Å²) < 4.78 is 61.3. The van der Waals surface area contributed by atoms with Gasteiger partial charge < -0.3 is 26.0 Å². The minimum atomic E-state index is -5.08. The molecule has 0 unspecified atom stereocenters. The third-order valence-corrected chi connectivity index (χ3v) is 6.88. The molecule has 220 valence electrons. The number of piperazine rings is 1. The van der Waals surface area contributed by atoms with Crippen molar-refractivity contribution < 1.29 is 41.1 Å². The van der Waals surface area contributed by atoms with Crippen LogP contribution >= 0.6 is 0 Å². The van der Waals surface area contributed by atoms with Gasteiger partial charge in [0.05, 0.1) is 17.1 Å². The molecule has 0 aromatic heterocycles. The van der Waals surface area contributed by atoms with Crippen LogP contribution in [-0.4, -0.2) is 70.2 Å². The summed E-state index contributed by atoms with van der Waals surface area (Å²) in [6.45, 7) is 8.55.